The van der Waals surface area contributed by atoms with Crippen molar-refractivity contribution < 1.29 is 23.5 Å². The molecule has 0 aliphatic heterocycles. The summed E-state index contributed by atoms with van der Waals surface area (Å²) < 4.78 is 15.0. The second kappa shape index (κ2) is 5.03. The summed E-state index contributed by atoms with van der Waals surface area (Å²) in [7, 11) is 0. The highest BCUT2D eigenvalue weighted by molar-refractivity contribution is 6.03. The van der Waals surface area contributed by atoms with Gasteiger partial charge in [-0.3, -0.25) is 4.79 Å². The lowest BCUT2D eigenvalue weighted by atomic mass is 10.1. The molecule has 2 aromatic heterocycles. The normalized spacial score (nSPS) is 11.0. The summed E-state index contributed by atoms with van der Waals surface area (Å²) in [5.74, 6) is -1.50. The second-order valence-corrected chi connectivity index (χ2v) is 4.48. The molecular formula is C15H10O7. The van der Waals surface area contributed by atoms with Crippen LogP contribution in [0.15, 0.2) is 42.7 Å². The molecule has 3 rings (SSSR count). The van der Waals surface area contributed by atoms with Crippen LogP contribution in [0.3, 0.4) is 0 Å². The molecule has 7 heteroatoms. The lowest BCUT2D eigenvalue weighted by Gasteiger charge is -2.06. The highest BCUT2D eigenvalue weighted by atomic mass is 16.5. The lowest BCUT2D eigenvalue weighted by Crippen LogP contribution is -2.08. The summed E-state index contributed by atoms with van der Waals surface area (Å²) in [6.07, 6.45) is 0. The van der Waals surface area contributed by atoms with Crippen LogP contribution in [0.4, 0.5) is 0 Å². The van der Waals surface area contributed by atoms with E-state index in [1.54, 1.807) is 6.92 Å². The molecule has 0 spiro atoms. The molecule has 0 atom stereocenters. The highest BCUT2D eigenvalue weighted by Crippen LogP contribution is 2.28. The summed E-state index contributed by atoms with van der Waals surface area (Å²) in [6.45, 7) is 1.71. The Morgan fingerprint density at radius 2 is 1.95 bits per heavy atom. The Labute approximate surface area is 122 Å². The Balaban J connectivity index is 2.39. The minimum Gasteiger partial charge on any atom is -0.480 e. The third-order valence-electron chi connectivity index (χ3n) is 3.08. The van der Waals surface area contributed by atoms with Gasteiger partial charge >= 0.3 is 11.6 Å². The Morgan fingerprint density at radius 1 is 1.18 bits per heavy atom. The van der Waals surface area contributed by atoms with Crippen LogP contribution in [0.1, 0.15) is 17.3 Å². The first-order chi connectivity index (χ1) is 10.5. The summed E-state index contributed by atoms with van der Waals surface area (Å²) in [4.78, 5) is 35.0. The van der Waals surface area contributed by atoms with Crippen LogP contribution < -0.4 is 11.1 Å². The fourth-order valence-electron chi connectivity index (χ4n) is 2.11. The van der Waals surface area contributed by atoms with Crippen LogP contribution >= 0.6 is 0 Å². The van der Waals surface area contributed by atoms with Gasteiger partial charge in [-0.15, -0.1) is 0 Å². The minimum absolute atomic E-state index is 0.0248. The zero-order valence-electron chi connectivity index (χ0n) is 11.4. The van der Waals surface area contributed by atoms with Gasteiger partial charge in [0.15, 0.2) is 11.0 Å². The fraction of sp³-hybridized carbons (Fsp3) is 0.133. The van der Waals surface area contributed by atoms with Crippen LogP contribution in [0.5, 0.6) is 5.95 Å². The fourth-order valence-corrected chi connectivity index (χ4v) is 2.11. The number of hydrogen-bond acceptors (Lipinski definition) is 7. The molecule has 0 radical (unpaired) electrons. The molecule has 0 bridgehead atoms. The van der Waals surface area contributed by atoms with Crippen molar-refractivity contribution in [1.29, 1.82) is 0 Å². The van der Waals surface area contributed by atoms with Crippen molar-refractivity contribution in [2.45, 2.75) is 6.92 Å². The number of carbonyl (C=O) groups is 1. The topological polar surface area (TPSA) is 107 Å². The molecule has 112 valence electrons. The van der Waals surface area contributed by atoms with E-state index in [4.69, 9.17) is 13.6 Å². The van der Waals surface area contributed by atoms with Gasteiger partial charge in [0.05, 0.1) is 12.0 Å². The smallest absolute Gasteiger partial charge is 0.347 e. The van der Waals surface area contributed by atoms with Gasteiger partial charge in [-0.05, 0) is 25.1 Å². The average Bonchev–Trinajstić information content (AvgIpc) is 2.46. The van der Waals surface area contributed by atoms with Crippen molar-refractivity contribution in [3.63, 3.8) is 0 Å². The van der Waals surface area contributed by atoms with Crippen LogP contribution in [0.2, 0.25) is 0 Å². The number of rotatable bonds is 2. The van der Waals surface area contributed by atoms with E-state index >= 15 is 0 Å². The average molecular weight is 302 g/mol. The van der Waals surface area contributed by atoms with E-state index in [0.717, 1.165) is 12.1 Å². The number of carbonyl (C=O) groups excluding carboxylic acids is 1. The van der Waals surface area contributed by atoms with E-state index in [-0.39, 0.29) is 34.2 Å². The molecule has 1 aromatic carbocycles. The monoisotopic (exact) mass is 302 g/mol. The van der Waals surface area contributed by atoms with E-state index in [1.165, 1.54) is 12.1 Å². The van der Waals surface area contributed by atoms with Gasteiger partial charge in [0.1, 0.15) is 16.5 Å². The number of aromatic hydroxyl groups is 1. The Bertz CT molecular complexity index is 1010. The molecule has 1 N–H and O–H groups in total. The van der Waals surface area contributed by atoms with Crippen LogP contribution in [-0.4, -0.2) is 17.7 Å². The van der Waals surface area contributed by atoms with E-state index in [0.29, 0.717) is 5.39 Å². The molecular weight excluding hydrogens is 292 g/mol. The van der Waals surface area contributed by atoms with Gasteiger partial charge in [0.25, 0.3) is 5.95 Å². The van der Waals surface area contributed by atoms with Gasteiger partial charge in [0.2, 0.25) is 0 Å². The molecule has 0 saturated heterocycles. The predicted molar refractivity (Wildman–Crippen MR) is 76.1 cm³/mol. The van der Waals surface area contributed by atoms with Crippen molar-refractivity contribution in [2.24, 2.45) is 0 Å². The van der Waals surface area contributed by atoms with Crippen LogP contribution in [0, 0.1) is 0 Å². The number of esters is 1. The maximum atomic E-state index is 12.0. The van der Waals surface area contributed by atoms with Gasteiger partial charge in [0, 0.05) is 6.07 Å². The van der Waals surface area contributed by atoms with E-state index in [9.17, 15) is 19.5 Å². The summed E-state index contributed by atoms with van der Waals surface area (Å²) in [5.41, 5.74) is -1.33. The first-order valence-corrected chi connectivity index (χ1v) is 6.42. The van der Waals surface area contributed by atoms with Crippen LogP contribution in [0.25, 0.3) is 21.9 Å². The van der Waals surface area contributed by atoms with Crippen molar-refractivity contribution >= 4 is 27.9 Å². The number of fused-ring (bicyclic) bond motifs is 3. The zero-order chi connectivity index (χ0) is 15.9. The standard InChI is InChI=1S/C15H10O7/c1-2-20-13(17)10-6-9-12(22-15(10)19)8-4-3-7(16)5-11(8)21-14(9)18/h3-6,19H,2H2,1H3. The highest BCUT2D eigenvalue weighted by Gasteiger charge is 2.19. The molecule has 0 aliphatic rings. The van der Waals surface area contributed by atoms with Crippen molar-refractivity contribution in [3.05, 3.63) is 50.5 Å². The first kappa shape index (κ1) is 13.9. The van der Waals surface area contributed by atoms with Gasteiger partial charge in [-0.1, -0.05) is 0 Å². The molecule has 0 saturated carbocycles. The largest absolute Gasteiger partial charge is 0.480 e. The van der Waals surface area contributed by atoms with Gasteiger partial charge < -0.3 is 18.7 Å². The zero-order valence-corrected chi connectivity index (χ0v) is 11.4. The van der Waals surface area contributed by atoms with Crippen LogP contribution in [-0.2, 0) is 4.74 Å². The molecule has 22 heavy (non-hydrogen) atoms. The molecule has 7 nitrogen and oxygen atoms in total. The molecule has 3 aromatic rings. The number of hydrogen-bond donors (Lipinski definition) is 1. The Hall–Kier alpha value is -3.09. The maximum Gasteiger partial charge on any atom is 0.347 e. The Morgan fingerprint density at radius 3 is 2.68 bits per heavy atom. The molecule has 2 heterocycles. The van der Waals surface area contributed by atoms with Gasteiger partial charge in [-0.25, -0.2) is 9.59 Å². The summed E-state index contributed by atoms with van der Waals surface area (Å²) in [5, 5.41) is 10.1. The summed E-state index contributed by atoms with van der Waals surface area (Å²) in [6, 6.07) is 4.97. The molecule has 0 unspecified atom stereocenters. The minimum atomic E-state index is -0.819. The first-order valence-electron chi connectivity index (χ1n) is 6.42. The van der Waals surface area contributed by atoms with Crippen molar-refractivity contribution in [3.8, 4) is 5.95 Å². The number of ether oxygens (including phenoxy) is 1. The predicted octanol–water partition coefficient (Wildman–Crippen LogP) is 1.78. The maximum absolute atomic E-state index is 12.0. The van der Waals surface area contributed by atoms with E-state index in [2.05, 4.69) is 0 Å². The molecule has 0 aliphatic carbocycles. The Kier molecular flexibility index (Phi) is 3.17. The van der Waals surface area contributed by atoms with E-state index in [1.807, 2.05) is 0 Å². The molecule has 0 fully saturated rings. The van der Waals surface area contributed by atoms with Crippen molar-refractivity contribution in [1.82, 2.24) is 0 Å². The number of benzene rings is 1. The second-order valence-electron chi connectivity index (χ2n) is 4.48. The lowest BCUT2D eigenvalue weighted by molar-refractivity contribution is 0.0518. The third-order valence-corrected chi connectivity index (χ3v) is 3.08. The van der Waals surface area contributed by atoms with E-state index < -0.39 is 17.5 Å². The SMILES string of the molecule is CCOC(=O)c1cc2c(=O)oc3cc(=O)ccc3c2oc1O. The quantitative estimate of drug-likeness (QED) is 0.437. The van der Waals surface area contributed by atoms with Gasteiger partial charge in [-0.2, -0.15) is 0 Å². The van der Waals surface area contributed by atoms with Crippen molar-refractivity contribution in [2.75, 3.05) is 6.61 Å². The summed E-state index contributed by atoms with van der Waals surface area (Å²) >= 11 is 0. The molecule has 0 amide bonds. The third kappa shape index (κ3) is 2.12.